The SMILES string of the molecule is Cc1nc(C(=O)Nc2ccc(N3CCCCC3)cc2)c(C)o1. The van der Waals surface area contributed by atoms with Gasteiger partial charge in [-0.25, -0.2) is 4.98 Å². The second kappa shape index (κ2) is 6.22. The van der Waals surface area contributed by atoms with Crippen LogP contribution in [-0.2, 0) is 0 Å². The predicted molar refractivity (Wildman–Crippen MR) is 86.4 cm³/mol. The highest BCUT2D eigenvalue weighted by molar-refractivity contribution is 6.03. The number of anilines is 2. The van der Waals surface area contributed by atoms with Crippen LogP contribution in [0.15, 0.2) is 28.7 Å². The van der Waals surface area contributed by atoms with Gasteiger partial charge in [0.05, 0.1) is 0 Å². The van der Waals surface area contributed by atoms with Crippen molar-refractivity contribution in [1.29, 1.82) is 0 Å². The molecule has 2 heterocycles. The normalized spacial score (nSPS) is 14.9. The van der Waals surface area contributed by atoms with Gasteiger partial charge in [-0.3, -0.25) is 4.79 Å². The fourth-order valence-corrected chi connectivity index (χ4v) is 2.84. The minimum atomic E-state index is -0.236. The van der Waals surface area contributed by atoms with Crippen molar-refractivity contribution < 1.29 is 9.21 Å². The second-order valence-corrected chi connectivity index (χ2v) is 5.69. The smallest absolute Gasteiger partial charge is 0.277 e. The van der Waals surface area contributed by atoms with E-state index in [1.54, 1.807) is 13.8 Å². The molecule has 5 nitrogen and oxygen atoms in total. The van der Waals surface area contributed by atoms with Gasteiger partial charge in [0, 0.05) is 31.4 Å². The number of oxazole rings is 1. The van der Waals surface area contributed by atoms with E-state index in [1.165, 1.54) is 24.9 Å². The number of amides is 1. The highest BCUT2D eigenvalue weighted by Crippen LogP contribution is 2.22. The van der Waals surface area contributed by atoms with Gasteiger partial charge in [0.15, 0.2) is 11.6 Å². The van der Waals surface area contributed by atoms with Crippen LogP contribution in [0.5, 0.6) is 0 Å². The Morgan fingerprint density at radius 3 is 2.41 bits per heavy atom. The molecule has 1 aromatic carbocycles. The fourth-order valence-electron chi connectivity index (χ4n) is 2.84. The summed E-state index contributed by atoms with van der Waals surface area (Å²) in [5.41, 5.74) is 2.33. The van der Waals surface area contributed by atoms with Crippen LogP contribution in [0.1, 0.15) is 41.4 Å². The Bertz CT molecular complexity index is 655. The molecule has 0 bridgehead atoms. The number of aromatic nitrogens is 1. The highest BCUT2D eigenvalue weighted by Gasteiger charge is 2.16. The molecule has 0 saturated carbocycles. The first-order valence-corrected chi connectivity index (χ1v) is 7.74. The molecule has 0 radical (unpaired) electrons. The van der Waals surface area contributed by atoms with E-state index in [1.807, 2.05) is 12.1 Å². The van der Waals surface area contributed by atoms with Gasteiger partial charge < -0.3 is 14.6 Å². The maximum atomic E-state index is 12.2. The monoisotopic (exact) mass is 299 g/mol. The molecule has 22 heavy (non-hydrogen) atoms. The molecule has 1 aromatic heterocycles. The van der Waals surface area contributed by atoms with Gasteiger partial charge in [-0.1, -0.05) is 0 Å². The van der Waals surface area contributed by atoms with Crippen molar-refractivity contribution in [1.82, 2.24) is 4.98 Å². The van der Waals surface area contributed by atoms with Gasteiger partial charge >= 0.3 is 0 Å². The van der Waals surface area contributed by atoms with Gasteiger partial charge in [-0.2, -0.15) is 0 Å². The number of carbonyl (C=O) groups excluding carboxylic acids is 1. The molecule has 1 aliphatic heterocycles. The first-order valence-electron chi connectivity index (χ1n) is 7.74. The van der Waals surface area contributed by atoms with Crippen molar-refractivity contribution in [2.45, 2.75) is 33.1 Å². The molecule has 1 N–H and O–H groups in total. The lowest BCUT2D eigenvalue weighted by atomic mass is 10.1. The lowest BCUT2D eigenvalue weighted by molar-refractivity contribution is 0.102. The van der Waals surface area contributed by atoms with E-state index in [0.29, 0.717) is 17.3 Å². The Hall–Kier alpha value is -2.30. The summed E-state index contributed by atoms with van der Waals surface area (Å²) in [6.45, 7) is 5.71. The maximum Gasteiger partial charge on any atom is 0.277 e. The van der Waals surface area contributed by atoms with Crippen molar-refractivity contribution >= 4 is 17.3 Å². The standard InChI is InChI=1S/C17H21N3O2/c1-12-16(18-13(2)22-12)17(21)19-14-6-8-15(9-7-14)20-10-4-3-5-11-20/h6-9H,3-5,10-11H2,1-2H3,(H,19,21). The van der Waals surface area contributed by atoms with Crippen LogP contribution in [0.2, 0.25) is 0 Å². The second-order valence-electron chi connectivity index (χ2n) is 5.69. The van der Waals surface area contributed by atoms with Crippen LogP contribution >= 0.6 is 0 Å². The number of benzene rings is 1. The average Bonchev–Trinajstić information content (AvgIpc) is 2.88. The number of nitrogens with zero attached hydrogens (tertiary/aromatic N) is 2. The molecule has 0 unspecified atom stereocenters. The van der Waals surface area contributed by atoms with Crippen LogP contribution in [0.4, 0.5) is 11.4 Å². The third-order valence-electron chi connectivity index (χ3n) is 3.96. The summed E-state index contributed by atoms with van der Waals surface area (Å²) in [6.07, 6.45) is 3.83. The van der Waals surface area contributed by atoms with Gasteiger partial charge in [0.1, 0.15) is 5.76 Å². The van der Waals surface area contributed by atoms with Gasteiger partial charge in [-0.05, 0) is 50.5 Å². The maximum absolute atomic E-state index is 12.2. The molecule has 1 amide bonds. The van der Waals surface area contributed by atoms with Crippen molar-refractivity contribution in [3.63, 3.8) is 0 Å². The molecule has 116 valence electrons. The number of hydrogen-bond donors (Lipinski definition) is 1. The number of carbonyl (C=O) groups is 1. The van der Waals surface area contributed by atoms with Gasteiger partial charge in [0.25, 0.3) is 5.91 Å². The molecule has 0 aliphatic carbocycles. The minimum absolute atomic E-state index is 0.236. The Morgan fingerprint density at radius 2 is 1.82 bits per heavy atom. The summed E-state index contributed by atoms with van der Waals surface area (Å²) in [5.74, 6) is 0.808. The van der Waals surface area contributed by atoms with E-state index in [-0.39, 0.29) is 5.91 Å². The summed E-state index contributed by atoms with van der Waals surface area (Å²) in [6, 6.07) is 7.98. The van der Waals surface area contributed by atoms with Gasteiger partial charge in [-0.15, -0.1) is 0 Å². The zero-order chi connectivity index (χ0) is 15.5. The highest BCUT2D eigenvalue weighted by atomic mass is 16.4. The predicted octanol–water partition coefficient (Wildman–Crippen LogP) is 3.53. The molecule has 0 spiro atoms. The Balaban J connectivity index is 1.68. The largest absolute Gasteiger partial charge is 0.445 e. The van der Waals surface area contributed by atoms with E-state index >= 15 is 0 Å². The van der Waals surface area contributed by atoms with Crippen molar-refractivity contribution in [3.05, 3.63) is 41.6 Å². The molecule has 2 aromatic rings. The van der Waals surface area contributed by atoms with Crippen LogP contribution in [0.3, 0.4) is 0 Å². The molecule has 0 atom stereocenters. The quantitative estimate of drug-likeness (QED) is 0.942. The summed E-state index contributed by atoms with van der Waals surface area (Å²) in [5, 5.41) is 2.86. The third-order valence-corrected chi connectivity index (χ3v) is 3.96. The van der Waals surface area contributed by atoms with Crippen LogP contribution in [0, 0.1) is 13.8 Å². The summed E-state index contributed by atoms with van der Waals surface area (Å²) < 4.78 is 5.29. The minimum Gasteiger partial charge on any atom is -0.445 e. The lowest BCUT2D eigenvalue weighted by Crippen LogP contribution is -2.29. The first kappa shape index (κ1) is 14.6. The van der Waals surface area contributed by atoms with E-state index in [2.05, 4.69) is 27.3 Å². The molecular formula is C17H21N3O2. The van der Waals surface area contributed by atoms with E-state index in [9.17, 15) is 4.79 Å². The Morgan fingerprint density at radius 1 is 1.14 bits per heavy atom. The van der Waals surface area contributed by atoms with Gasteiger partial charge in [0.2, 0.25) is 0 Å². The Kier molecular flexibility index (Phi) is 4.13. The Labute approximate surface area is 130 Å². The third kappa shape index (κ3) is 3.13. The van der Waals surface area contributed by atoms with Crippen LogP contribution in [0.25, 0.3) is 0 Å². The van der Waals surface area contributed by atoms with E-state index in [0.717, 1.165) is 18.8 Å². The number of nitrogens with one attached hydrogen (secondary N) is 1. The molecule has 3 rings (SSSR count). The molecule has 1 fully saturated rings. The van der Waals surface area contributed by atoms with E-state index < -0.39 is 0 Å². The van der Waals surface area contributed by atoms with Crippen LogP contribution < -0.4 is 10.2 Å². The van der Waals surface area contributed by atoms with Crippen molar-refractivity contribution in [3.8, 4) is 0 Å². The summed E-state index contributed by atoms with van der Waals surface area (Å²) >= 11 is 0. The fraction of sp³-hybridized carbons (Fsp3) is 0.412. The average molecular weight is 299 g/mol. The van der Waals surface area contributed by atoms with Crippen LogP contribution in [-0.4, -0.2) is 24.0 Å². The molecule has 5 heteroatoms. The molecule has 1 aliphatic rings. The number of hydrogen-bond acceptors (Lipinski definition) is 4. The molecular weight excluding hydrogens is 278 g/mol. The van der Waals surface area contributed by atoms with Crippen molar-refractivity contribution in [2.24, 2.45) is 0 Å². The van der Waals surface area contributed by atoms with Crippen molar-refractivity contribution in [2.75, 3.05) is 23.3 Å². The number of rotatable bonds is 3. The molecule has 1 saturated heterocycles. The number of piperidine rings is 1. The summed E-state index contributed by atoms with van der Waals surface area (Å²) in [7, 11) is 0. The van der Waals surface area contributed by atoms with E-state index in [4.69, 9.17) is 4.42 Å². The first-order chi connectivity index (χ1) is 10.6. The number of aryl methyl sites for hydroxylation is 2. The topological polar surface area (TPSA) is 58.4 Å². The summed E-state index contributed by atoms with van der Waals surface area (Å²) in [4.78, 5) is 18.7. The zero-order valence-electron chi connectivity index (χ0n) is 13.1. The zero-order valence-corrected chi connectivity index (χ0v) is 13.1. The lowest BCUT2D eigenvalue weighted by Gasteiger charge is -2.28.